The van der Waals surface area contributed by atoms with Gasteiger partial charge in [0.2, 0.25) is 11.8 Å². The van der Waals surface area contributed by atoms with Crippen LogP contribution in [0.4, 0.5) is 0 Å². The first kappa shape index (κ1) is 16.3. The quantitative estimate of drug-likeness (QED) is 0.848. The second-order valence-electron chi connectivity index (χ2n) is 6.94. The monoisotopic (exact) mass is 295 g/mol. The van der Waals surface area contributed by atoms with Gasteiger partial charge in [0, 0.05) is 32.6 Å². The van der Waals surface area contributed by atoms with Gasteiger partial charge in [0.05, 0.1) is 6.04 Å². The molecule has 2 rings (SSSR count). The third-order valence-corrected chi connectivity index (χ3v) is 4.49. The Balaban J connectivity index is 1.80. The normalized spacial score (nSPS) is 27.0. The zero-order chi connectivity index (χ0) is 15.4. The minimum Gasteiger partial charge on any atom is -0.339 e. The Kier molecular flexibility index (Phi) is 5.62. The Labute approximate surface area is 128 Å². The fourth-order valence-electron chi connectivity index (χ4n) is 3.17. The van der Waals surface area contributed by atoms with Crippen LogP contribution in [-0.2, 0) is 9.59 Å². The molecule has 0 aromatic carbocycles. The lowest BCUT2D eigenvalue weighted by atomic mass is 9.93. The fourth-order valence-corrected chi connectivity index (χ4v) is 3.17. The molecule has 0 aromatic rings. The number of piperidine rings is 1. The second kappa shape index (κ2) is 7.25. The number of piperazine rings is 1. The molecule has 0 saturated carbocycles. The molecule has 0 spiro atoms. The Morgan fingerprint density at radius 3 is 2.33 bits per heavy atom. The van der Waals surface area contributed by atoms with Crippen LogP contribution in [0.2, 0.25) is 0 Å². The average Bonchev–Trinajstić information content (AvgIpc) is 2.46. The van der Waals surface area contributed by atoms with E-state index in [0.29, 0.717) is 44.4 Å². The molecular weight excluding hydrogens is 266 g/mol. The minimum atomic E-state index is -0.0216. The number of hydrogen-bond acceptors (Lipinski definition) is 3. The van der Waals surface area contributed by atoms with E-state index in [1.807, 2.05) is 9.80 Å². The van der Waals surface area contributed by atoms with E-state index in [-0.39, 0.29) is 17.9 Å². The fraction of sp³-hybridized carbons (Fsp3) is 0.875. The van der Waals surface area contributed by atoms with Gasteiger partial charge in [0.15, 0.2) is 0 Å². The smallest absolute Gasteiger partial charge is 0.239 e. The highest BCUT2D eigenvalue weighted by Gasteiger charge is 2.31. The van der Waals surface area contributed by atoms with Gasteiger partial charge in [0.25, 0.3) is 0 Å². The summed E-state index contributed by atoms with van der Waals surface area (Å²) in [6, 6.07) is -0.0216. The van der Waals surface area contributed by atoms with Gasteiger partial charge in [-0.05, 0) is 31.2 Å². The summed E-state index contributed by atoms with van der Waals surface area (Å²) in [5.41, 5.74) is 0. The van der Waals surface area contributed by atoms with Crippen molar-refractivity contribution in [2.75, 3.05) is 32.7 Å². The molecule has 0 radical (unpaired) electrons. The van der Waals surface area contributed by atoms with Crippen molar-refractivity contribution in [3.05, 3.63) is 0 Å². The summed E-state index contributed by atoms with van der Waals surface area (Å²) in [6.45, 7) is 9.98. The summed E-state index contributed by atoms with van der Waals surface area (Å²) in [5, 5.41) is 3.33. The Morgan fingerprint density at radius 2 is 1.76 bits per heavy atom. The van der Waals surface area contributed by atoms with E-state index in [1.54, 1.807) is 0 Å². The van der Waals surface area contributed by atoms with E-state index < -0.39 is 0 Å². The van der Waals surface area contributed by atoms with Gasteiger partial charge < -0.3 is 15.1 Å². The third kappa shape index (κ3) is 4.43. The number of hydrogen-bond donors (Lipinski definition) is 1. The molecule has 1 N–H and O–H groups in total. The third-order valence-electron chi connectivity index (χ3n) is 4.49. The predicted octanol–water partition coefficient (Wildman–Crippen LogP) is 1.09. The Morgan fingerprint density at radius 1 is 1.14 bits per heavy atom. The van der Waals surface area contributed by atoms with Gasteiger partial charge in [0.1, 0.15) is 0 Å². The zero-order valence-electron chi connectivity index (χ0n) is 13.6. The highest BCUT2D eigenvalue weighted by Crippen LogP contribution is 2.17. The first-order valence-electron chi connectivity index (χ1n) is 8.27. The van der Waals surface area contributed by atoms with E-state index in [9.17, 15) is 9.59 Å². The van der Waals surface area contributed by atoms with Crippen LogP contribution < -0.4 is 5.32 Å². The van der Waals surface area contributed by atoms with Crippen molar-refractivity contribution in [1.29, 1.82) is 0 Å². The first-order valence-corrected chi connectivity index (χ1v) is 8.27. The average molecular weight is 295 g/mol. The highest BCUT2D eigenvalue weighted by molar-refractivity contribution is 5.82. The van der Waals surface area contributed by atoms with E-state index in [2.05, 4.69) is 26.1 Å². The lowest BCUT2D eigenvalue weighted by molar-refractivity contribution is -0.141. The maximum Gasteiger partial charge on any atom is 0.239 e. The summed E-state index contributed by atoms with van der Waals surface area (Å²) in [4.78, 5) is 28.4. The maximum absolute atomic E-state index is 12.5. The summed E-state index contributed by atoms with van der Waals surface area (Å²) >= 11 is 0. The van der Waals surface area contributed by atoms with Crippen molar-refractivity contribution in [1.82, 2.24) is 15.1 Å². The minimum absolute atomic E-state index is 0.0216. The Hall–Kier alpha value is -1.10. The van der Waals surface area contributed by atoms with E-state index >= 15 is 0 Å². The van der Waals surface area contributed by atoms with Crippen LogP contribution in [0.5, 0.6) is 0 Å². The number of amides is 2. The number of nitrogens with one attached hydrogen (secondary N) is 1. The zero-order valence-corrected chi connectivity index (χ0v) is 13.6. The van der Waals surface area contributed by atoms with Gasteiger partial charge in [-0.3, -0.25) is 9.59 Å². The molecule has 2 atom stereocenters. The first-order chi connectivity index (χ1) is 9.97. The standard InChI is InChI=1S/C16H29N3O2/c1-12(2)10-15(20)18-6-8-19(9-7-18)16(21)14-11-13(3)4-5-17-14/h12-14,17H,4-11H2,1-3H3. The molecule has 21 heavy (non-hydrogen) atoms. The molecule has 5 heteroatoms. The lowest BCUT2D eigenvalue weighted by Gasteiger charge is -2.38. The largest absolute Gasteiger partial charge is 0.339 e. The summed E-state index contributed by atoms with van der Waals surface area (Å²) in [7, 11) is 0. The van der Waals surface area contributed by atoms with Gasteiger partial charge >= 0.3 is 0 Å². The van der Waals surface area contributed by atoms with Crippen LogP contribution in [0, 0.1) is 11.8 Å². The van der Waals surface area contributed by atoms with Crippen LogP contribution in [-0.4, -0.2) is 60.4 Å². The molecule has 2 amide bonds. The molecule has 2 saturated heterocycles. The summed E-state index contributed by atoms with van der Waals surface area (Å²) < 4.78 is 0. The van der Waals surface area contributed by atoms with E-state index in [0.717, 1.165) is 19.4 Å². The molecule has 2 fully saturated rings. The number of carbonyl (C=O) groups excluding carboxylic acids is 2. The summed E-state index contributed by atoms with van der Waals surface area (Å²) in [5.74, 6) is 1.46. The van der Waals surface area contributed by atoms with Crippen LogP contribution in [0.3, 0.4) is 0 Å². The molecule has 0 bridgehead atoms. The van der Waals surface area contributed by atoms with Gasteiger partial charge in [-0.1, -0.05) is 20.8 Å². The number of carbonyl (C=O) groups is 2. The SMILES string of the molecule is CC(C)CC(=O)N1CCN(C(=O)C2CC(C)CCN2)CC1. The van der Waals surface area contributed by atoms with Crippen LogP contribution in [0.1, 0.15) is 40.0 Å². The van der Waals surface area contributed by atoms with Crippen molar-refractivity contribution >= 4 is 11.8 Å². The van der Waals surface area contributed by atoms with Gasteiger partial charge in [-0.15, -0.1) is 0 Å². The van der Waals surface area contributed by atoms with Crippen LogP contribution in [0.15, 0.2) is 0 Å². The van der Waals surface area contributed by atoms with Crippen LogP contribution >= 0.6 is 0 Å². The van der Waals surface area contributed by atoms with E-state index in [1.165, 1.54) is 0 Å². The van der Waals surface area contributed by atoms with Crippen molar-refractivity contribution < 1.29 is 9.59 Å². The predicted molar refractivity (Wildman–Crippen MR) is 82.8 cm³/mol. The molecule has 2 heterocycles. The maximum atomic E-state index is 12.5. The molecule has 0 aromatic heterocycles. The molecule has 120 valence electrons. The van der Waals surface area contributed by atoms with Crippen molar-refractivity contribution in [3.63, 3.8) is 0 Å². The lowest BCUT2D eigenvalue weighted by Crippen LogP contribution is -2.56. The van der Waals surface area contributed by atoms with Crippen molar-refractivity contribution in [3.8, 4) is 0 Å². The van der Waals surface area contributed by atoms with Gasteiger partial charge in [-0.25, -0.2) is 0 Å². The highest BCUT2D eigenvalue weighted by atomic mass is 16.2. The van der Waals surface area contributed by atoms with Gasteiger partial charge in [-0.2, -0.15) is 0 Å². The topological polar surface area (TPSA) is 52.7 Å². The molecule has 2 aliphatic heterocycles. The number of rotatable bonds is 3. The molecular formula is C16H29N3O2. The second-order valence-corrected chi connectivity index (χ2v) is 6.94. The molecule has 2 unspecified atom stereocenters. The molecule has 0 aliphatic carbocycles. The molecule has 5 nitrogen and oxygen atoms in total. The van der Waals surface area contributed by atoms with E-state index in [4.69, 9.17) is 0 Å². The Bertz CT molecular complexity index is 376. The number of nitrogens with zero attached hydrogens (tertiary/aromatic N) is 2. The molecule has 2 aliphatic rings. The van der Waals surface area contributed by atoms with Crippen molar-refractivity contribution in [2.24, 2.45) is 11.8 Å². The van der Waals surface area contributed by atoms with Crippen LogP contribution in [0.25, 0.3) is 0 Å². The van der Waals surface area contributed by atoms with Crippen molar-refractivity contribution in [2.45, 2.75) is 46.1 Å². The summed E-state index contributed by atoms with van der Waals surface area (Å²) in [6.07, 6.45) is 2.70.